The Balaban J connectivity index is 1.57. The third-order valence-corrected chi connectivity index (χ3v) is 5.61. The lowest BCUT2D eigenvalue weighted by atomic mass is 10.2. The number of rotatable bonds is 6. The van der Waals surface area contributed by atoms with Crippen LogP contribution in [0, 0.1) is 0 Å². The van der Waals surface area contributed by atoms with Crippen LogP contribution in [0.3, 0.4) is 0 Å². The molecule has 1 saturated heterocycles. The Morgan fingerprint density at radius 1 is 0.963 bits per heavy atom. The summed E-state index contributed by atoms with van der Waals surface area (Å²) < 4.78 is 5.36. The van der Waals surface area contributed by atoms with Gasteiger partial charge in [0.2, 0.25) is 0 Å². The van der Waals surface area contributed by atoms with Crippen LogP contribution in [0.4, 0.5) is 5.69 Å². The third kappa shape index (κ3) is 3.80. The van der Waals surface area contributed by atoms with Gasteiger partial charge in [-0.2, -0.15) is 0 Å². The summed E-state index contributed by atoms with van der Waals surface area (Å²) in [6, 6.07) is 13.2. The number of morpholine rings is 1. The standard InChI is InChI=1S/C20H21N3O3S/c24-19-17(16-7-4-14-27-16)18(21-15-5-2-1-3-6-15)20(25)23(19)9-8-22-10-12-26-13-11-22/h1-7,14,21H,8-13H2. The van der Waals surface area contributed by atoms with Crippen molar-refractivity contribution in [1.29, 1.82) is 0 Å². The zero-order chi connectivity index (χ0) is 18.6. The van der Waals surface area contributed by atoms with Crippen molar-refractivity contribution >= 4 is 34.4 Å². The van der Waals surface area contributed by atoms with Crippen molar-refractivity contribution in [2.24, 2.45) is 0 Å². The number of benzene rings is 1. The predicted molar refractivity (Wildman–Crippen MR) is 105 cm³/mol. The number of imide groups is 1. The van der Waals surface area contributed by atoms with Gasteiger partial charge in [-0.25, -0.2) is 0 Å². The Morgan fingerprint density at radius 3 is 2.44 bits per heavy atom. The molecule has 0 radical (unpaired) electrons. The smallest absolute Gasteiger partial charge is 0.278 e. The zero-order valence-corrected chi connectivity index (χ0v) is 15.7. The Kier molecular flexibility index (Phi) is 5.33. The van der Waals surface area contributed by atoms with E-state index in [0.717, 1.165) is 23.7 Å². The lowest BCUT2D eigenvalue weighted by Gasteiger charge is -2.28. The number of ether oxygens (including phenoxy) is 1. The minimum atomic E-state index is -0.263. The lowest BCUT2D eigenvalue weighted by Crippen LogP contribution is -2.43. The number of anilines is 1. The van der Waals surface area contributed by atoms with E-state index in [2.05, 4.69) is 10.2 Å². The maximum absolute atomic E-state index is 13.1. The van der Waals surface area contributed by atoms with Gasteiger partial charge in [0.15, 0.2) is 0 Å². The molecule has 0 spiro atoms. The average molecular weight is 383 g/mol. The van der Waals surface area contributed by atoms with E-state index in [0.29, 0.717) is 37.6 Å². The van der Waals surface area contributed by atoms with Crippen molar-refractivity contribution in [3.8, 4) is 0 Å². The van der Waals surface area contributed by atoms with E-state index in [4.69, 9.17) is 4.74 Å². The summed E-state index contributed by atoms with van der Waals surface area (Å²) in [5.41, 5.74) is 1.61. The number of nitrogens with one attached hydrogen (secondary N) is 1. The van der Waals surface area contributed by atoms with Crippen LogP contribution < -0.4 is 5.32 Å². The molecular weight excluding hydrogens is 362 g/mol. The molecule has 0 atom stereocenters. The van der Waals surface area contributed by atoms with Gasteiger partial charge in [-0.05, 0) is 23.6 Å². The summed E-state index contributed by atoms with van der Waals surface area (Å²) in [7, 11) is 0. The fourth-order valence-electron chi connectivity index (χ4n) is 3.28. The minimum Gasteiger partial charge on any atom is -0.379 e. The molecule has 2 aliphatic heterocycles. The van der Waals surface area contributed by atoms with Gasteiger partial charge in [-0.15, -0.1) is 11.3 Å². The molecule has 0 unspecified atom stereocenters. The van der Waals surface area contributed by atoms with Crippen LogP contribution in [0.25, 0.3) is 5.57 Å². The molecule has 6 nitrogen and oxygen atoms in total. The molecule has 1 aromatic heterocycles. The van der Waals surface area contributed by atoms with Crippen molar-refractivity contribution in [2.45, 2.75) is 0 Å². The number of carbonyl (C=O) groups excluding carboxylic acids is 2. The van der Waals surface area contributed by atoms with E-state index in [9.17, 15) is 9.59 Å². The number of hydrogen-bond acceptors (Lipinski definition) is 6. The van der Waals surface area contributed by atoms with Gasteiger partial charge < -0.3 is 10.1 Å². The van der Waals surface area contributed by atoms with Gasteiger partial charge in [0, 0.05) is 36.7 Å². The summed E-state index contributed by atoms with van der Waals surface area (Å²) in [5, 5.41) is 5.08. The Bertz CT molecular complexity index is 843. The predicted octanol–water partition coefficient (Wildman–Crippen LogP) is 2.27. The first kappa shape index (κ1) is 17.9. The number of hydrogen-bond donors (Lipinski definition) is 1. The normalized spacial score (nSPS) is 18.4. The largest absolute Gasteiger partial charge is 0.379 e. The Morgan fingerprint density at radius 2 is 1.74 bits per heavy atom. The second kappa shape index (κ2) is 8.04. The second-order valence-electron chi connectivity index (χ2n) is 6.43. The SMILES string of the molecule is O=C1C(Nc2ccccc2)=C(c2cccs2)C(=O)N1CCN1CCOCC1. The molecule has 3 heterocycles. The van der Waals surface area contributed by atoms with E-state index < -0.39 is 0 Å². The van der Waals surface area contributed by atoms with E-state index in [-0.39, 0.29) is 11.8 Å². The van der Waals surface area contributed by atoms with Gasteiger partial charge in [0.05, 0.1) is 18.8 Å². The molecule has 0 aliphatic carbocycles. The highest BCUT2D eigenvalue weighted by molar-refractivity contribution is 7.11. The highest BCUT2D eigenvalue weighted by atomic mass is 32.1. The Hall–Kier alpha value is -2.48. The van der Waals surface area contributed by atoms with Crippen molar-refractivity contribution < 1.29 is 14.3 Å². The van der Waals surface area contributed by atoms with Crippen molar-refractivity contribution in [2.75, 3.05) is 44.7 Å². The Labute approximate surface area is 162 Å². The molecular formula is C20H21N3O3S. The number of nitrogens with zero attached hydrogens (tertiary/aromatic N) is 2. The van der Waals surface area contributed by atoms with E-state index in [1.165, 1.54) is 16.2 Å². The molecule has 1 aromatic carbocycles. The molecule has 140 valence electrons. The van der Waals surface area contributed by atoms with E-state index in [1.807, 2.05) is 47.8 Å². The monoisotopic (exact) mass is 383 g/mol. The van der Waals surface area contributed by atoms with Gasteiger partial charge in [0.25, 0.3) is 11.8 Å². The molecule has 7 heteroatoms. The zero-order valence-electron chi connectivity index (χ0n) is 14.9. The summed E-state index contributed by atoms with van der Waals surface area (Å²) in [5.74, 6) is -0.491. The first-order valence-electron chi connectivity index (χ1n) is 9.00. The summed E-state index contributed by atoms with van der Waals surface area (Å²) in [4.78, 5) is 30.5. The molecule has 0 saturated carbocycles. The third-order valence-electron chi connectivity index (χ3n) is 4.72. The van der Waals surface area contributed by atoms with Crippen molar-refractivity contribution in [1.82, 2.24) is 9.80 Å². The minimum absolute atomic E-state index is 0.228. The first-order chi connectivity index (χ1) is 13.2. The molecule has 4 rings (SSSR count). The van der Waals surface area contributed by atoms with Gasteiger partial charge >= 0.3 is 0 Å². The summed E-state index contributed by atoms with van der Waals surface area (Å²) >= 11 is 1.46. The number of carbonyl (C=O) groups is 2. The first-order valence-corrected chi connectivity index (χ1v) is 9.88. The number of thiophene rings is 1. The highest BCUT2D eigenvalue weighted by Crippen LogP contribution is 2.32. The summed E-state index contributed by atoms with van der Waals surface area (Å²) in [6.45, 7) is 4.10. The number of para-hydroxylation sites is 1. The maximum atomic E-state index is 13.1. The molecule has 2 amide bonds. The van der Waals surface area contributed by atoms with Crippen LogP contribution in [-0.4, -0.2) is 61.0 Å². The fourth-order valence-corrected chi connectivity index (χ4v) is 4.04. The molecule has 2 aromatic rings. The van der Waals surface area contributed by atoms with Crippen LogP contribution in [0.1, 0.15) is 4.88 Å². The quantitative estimate of drug-likeness (QED) is 0.776. The molecule has 27 heavy (non-hydrogen) atoms. The van der Waals surface area contributed by atoms with Crippen molar-refractivity contribution in [3.63, 3.8) is 0 Å². The number of amides is 2. The van der Waals surface area contributed by atoms with Crippen LogP contribution in [0.2, 0.25) is 0 Å². The molecule has 0 bridgehead atoms. The van der Waals surface area contributed by atoms with Crippen LogP contribution >= 0.6 is 11.3 Å². The molecule has 1 fully saturated rings. The average Bonchev–Trinajstić information content (AvgIpc) is 3.30. The molecule has 2 aliphatic rings. The fraction of sp³-hybridized carbons (Fsp3) is 0.300. The topological polar surface area (TPSA) is 61.9 Å². The van der Waals surface area contributed by atoms with E-state index >= 15 is 0 Å². The van der Waals surface area contributed by atoms with Crippen LogP contribution in [-0.2, 0) is 14.3 Å². The lowest BCUT2D eigenvalue weighted by molar-refractivity contribution is -0.137. The van der Waals surface area contributed by atoms with Gasteiger partial charge in [-0.3, -0.25) is 19.4 Å². The van der Waals surface area contributed by atoms with Gasteiger partial charge in [0.1, 0.15) is 5.70 Å². The maximum Gasteiger partial charge on any atom is 0.278 e. The molecule has 1 N–H and O–H groups in total. The highest BCUT2D eigenvalue weighted by Gasteiger charge is 2.39. The van der Waals surface area contributed by atoms with E-state index in [1.54, 1.807) is 0 Å². The van der Waals surface area contributed by atoms with Gasteiger partial charge in [-0.1, -0.05) is 24.3 Å². The van der Waals surface area contributed by atoms with Crippen LogP contribution in [0.5, 0.6) is 0 Å². The second-order valence-corrected chi connectivity index (χ2v) is 7.38. The summed E-state index contributed by atoms with van der Waals surface area (Å²) in [6.07, 6.45) is 0. The van der Waals surface area contributed by atoms with Crippen molar-refractivity contribution in [3.05, 3.63) is 58.4 Å². The van der Waals surface area contributed by atoms with Crippen LogP contribution in [0.15, 0.2) is 53.5 Å².